The maximum Gasteiger partial charge on any atom is 0.235 e. The van der Waals surface area contributed by atoms with Crippen LogP contribution < -0.4 is 11.1 Å². The van der Waals surface area contributed by atoms with Crippen molar-refractivity contribution in [1.29, 1.82) is 0 Å². The fourth-order valence-electron chi connectivity index (χ4n) is 1.59. The normalized spacial score (nSPS) is 12.9. The van der Waals surface area contributed by atoms with Gasteiger partial charge in [-0.15, -0.1) is 0 Å². The van der Waals surface area contributed by atoms with E-state index >= 15 is 0 Å². The first-order valence-corrected chi connectivity index (χ1v) is 7.89. The third kappa shape index (κ3) is 5.40. The summed E-state index contributed by atoms with van der Waals surface area (Å²) in [6.45, 7) is 2.21. The summed E-state index contributed by atoms with van der Waals surface area (Å²) in [6.07, 6.45) is 0.369. The second kappa shape index (κ2) is 7.25. The fraction of sp³-hybridized carbons (Fsp3) is 0.462. The van der Waals surface area contributed by atoms with Crippen molar-refractivity contribution >= 4 is 15.7 Å². The van der Waals surface area contributed by atoms with Crippen LogP contribution >= 0.6 is 0 Å². The summed E-state index contributed by atoms with van der Waals surface area (Å²) in [5, 5.41) is 2.02. The highest BCUT2D eigenvalue weighted by atomic mass is 32.2. The fourth-order valence-corrected chi connectivity index (χ4v) is 2.83. The number of amides is 1. The van der Waals surface area contributed by atoms with Crippen molar-refractivity contribution in [1.82, 2.24) is 5.32 Å². The quantitative estimate of drug-likeness (QED) is 0.761. The van der Waals surface area contributed by atoms with Crippen molar-refractivity contribution in [2.75, 3.05) is 12.3 Å². The lowest BCUT2D eigenvalue weighted by Crippen LogP contribution is -2.34. The number of nitrogens with one attached hydrogen (secondary N) is 1. The van der Waals surface area contributed by atoms with E-state index in [1.165, 1.54) is 0 Å². The minimum Gasteiger partial charge on any atom is -0.351 e. The van der Waals surface area contributed by atoms with Gasteiger partial charge < -0.3 is 11.1 Å². The monoisotopic (exact) mass is 284 g/mol. The van der Waals surface area contributed by atoms with Crippen LogP contribution in [0.25, 0.3) is 0 Å². The van der Waals surface area contributed by atoms with Crippen molar-refractivity contribution in [2.24, 2.45) is 5.73 Å². The largest absolute Gasteiger partial charge is 0.351 e. The molecule has 0 heterocycles. The Labute approximate surface area is 114 Å². The second-order valence-corrected chi connectivity index (χ2v) is 6.88. The highest BCUT2D eigenvalue weighted by Gasteiger charge is 2.23. The molecule has 0 aliphatic heterocycles. The number of carbonyl (C=O) groups is 1. The number of benzene rings is 1. The Hall–Kier alpha value is -1.40. The lowest BCUT2D eigenvalue weighted by Gasteiger charge is -2.11. The van der Waals surface area contributed by atoms with E-state index in [0.29, 0.717) is 19.5 Å². The van der Waals surface area contributed by atoms with Crippen LogP contribution in [0.5, 0.6) is 0 Å². The minimum absolute atomic E-state index is 0.298. The molecule has 0 bridgehead atoms. The Morgan fingerprint density at radius 1 is 1.32 bits per heavy atom. The van der Waals surface area contributed by atoms with E-state index in [-0.39, 0.29) is 0 Å². The number of hydrogen-bond acceptors (Lipinski definition) is 4. The molecule has 1 rings (SSSR count). The second-order valence-electron chi connectivity index (χ2n) is 4.46. The van der Waals surface area contributed by atoms with E-state index in [1.54, 1.807) is 6.92 Å². The van der Waals surface area contributed by atoms with E-state index < -0.39 is 26.7 Å². The number of sulfone groups is 1. The van der Waals surface area contributed by atoms with Gasteiger partial charge in [0.15, 0.2) is 9.84 Å². The molecular weight excluding hydrogens is 264 g/mol. The van der Waals surface area contributed by atoms with Gasteiger partial charge in [0.2, 0.25) is 5.91 Å². The minimum atomic E-state index is -3.42. The van der Waals surface area contributed by atoms with Crippen molar-refractivity contribution in [2.45, 2.75) is 25.1 Å². The first kappa shape index (κ1) is 15.7. The lowest BCUT2D eigenvalue weighted by atomic mass is 10.2. The van der Waals surface area contributed by atoms with Gasteiger partial charge >= 0.3 is 0 Å². The van der Waals surface area contributed by atoms with Gasteiger partial charge in [0.05, 0.1) is 5.25 Å². The molecule has 3 N–H and O–H groups in total. The third-order valence-electron chi connectivity index (χ3n) is 2.85. The molecule has 0 aliphatic rings. The zero-order chi connectivity index (χ0) is 14.3. The Morgan fingerprint density at radius 2 is 1.95 bits per heavy atom. The summed E-state index contributed by atoms with van der Waals surface area (Å²) >= 11 is 0. The highest BCUT2D eigenvalue weighted by Crippen LogP contribution is 2.05. The van der Waals surface area contributed by atoms with Crippen molar-refractivity contribution in [3.05, 3.63) is 35.9 Å². The molecule has 5 nitrogen and oxygen atoms in total. The Balaban J connectivity index is 2.47. The van der Waals surface area contributed by atoms with Crippen molar-refractivity contribution in [3.63, 3.8) is 0 Å². The predicted octanol–water partition coefficient (Wildman–Crippen LogP) is 0.455. The molecule has 0 spiro atoms. The predicted molar refractivity (Wildman–Crippen MR) is 75.2 cm³/mol. The number of hydrogen-bond donors (Lipinski definition) is 2. The van der Waals surface area contributed by atoms with Gasteiger partial charge in [-0.05, 0) is 25.5 Å². The standard InChI is InChI=1S/C13H20N2O3S/c1-11(7-8-14)19(17,18)10-13(16)15-9-12-5-3-2-4-6-12/h2-6,11H,7-10,14H2,1H3,(H,15,16). The average Bonchev–Trinajstić information content (AvgIpc) is 2.37. The zero-order valence-corrected chi connectivity index (χ0v) is 11.8. The van der Waals surface area contributed by atoms with Gasteiger partial charge in [0, 0.05) is 6.54 Å². The number of carbonyl (C=O) groups excluding carboxylic acids is 1. The number of rotatable bonds is 7. The summed E-state index contributed by atoms with van der Waals surface area (Å²) in [7, 11) is -3.42. The first-order valence-electron chi connectivity index (χ1n) is 6.18. The molecule has 0 radical (unpaired) electrons. The lowest BCUT2D eigenvalue weighted by molar-refractivity contribution is -0.118. The summed E-state index contributed by atoms with van der Waals surface area (Å²) < 4.78 is 23.7. The van der Waals surface area contributed by atoms with E-state index in [4.69, 9.17) is 5.73 Å². The molecule has 106 valence electrons. The Morgan fingerprint density at radius 3 is 2.53 bits per heavy atom. The van der Waals surface area contributed by atoms with Gasteiger partial charge in [0.1, 0.15) is 5.75 Å². The molecule has 6 heteroatoms. The Kier molecular flexibility index (Phi) is 5.98. The molecular formula is C13H20N2O3S. The van der Waals surface area contributed by atoms with Crippen LogP contribution in [0.3, 0.4) is 0 Å². The molecule has 0 saturated carbocycles. The summed E-state index contributed by atoms with van der Waals surface area (Å²) in [4.78, 5) is 11.6. The molecule has 1 unspecified atom stereocenters. The van der Waals surface area contributed by atoms with Gasteiger partial charge in [-0.1, -0.05) is 30.3 Å². The highest BCUT2D eigenvalue weighted by molar-refractivity contribution is 7.92. The van der Waals surface area contributed by atoms with Crippen molar-refractivity contribution < 1.29 is 13.2 Å². The molecule has 19 heavy (non-hydrogen) atoms. The average molecular weight is 284 g/mol. The maximum absolute atomic E-state index is 11.8. The summed E-state index contributed by atoms with van der Waals surface area (Å²) in [5.41, 5.74) is 6.26. The van der Waals surface area contributed by atoms with Crippen LogP contribution in [-0.4, -0.2) is 31.9 Å². The summed E-state index contributed by atoms with van der Waals surface area (Å²) in [6, 6.07) is 9.34. The first-order chi connectivity index (χ1) is 8.95. The maximum atomic E-state index is 11.8. The van der Waals surface area contributed by atoms with Crippen LogP contribution in [0.1, 0.15) is 18.9 Å². The molecule has 1 aromatic carbocycles. The van der Waals surface area contributed by atoms with E-state index in [2.05, 4.69) is 5.32 Å². The van der Waals surface area contributed by atoms with E-state index in [0.717, 1.165) is 5.56 Å². The Bertz CT molecular complexity index is 500. The molecule has 1 atom stereocenters. The van der Waals surface area contributed by atoms with Gasteiger partial charge in [-0.3, -0.25) is 4.79 Å². The van der Waals surface area contributed by atoms with E-state index in [9.17, 15) is 13.2 Å². The molecule has 0 aromatic heterocycles. The van der Waals surface area contributed by atoms with Crippen LogP contribution in [0.2, 0.25) is 0 Å². The smallest absolute Gasteiger partial charge is 0.235 e. The van der Waals surface area contributed by atoms with Crippen LogP contribution in [0.4, 0.5) is 0 Å². The van der Waals surface area contributed by atoms with Crippen molar-refractivity contribution in [3.8, 4) is 0 Å². The third-order valence-corrected chi connectivity index (χ3v) is 4.98. The van der Waals surface area contributed by atoms with Crippen LogP contribution in [0, 0.1) is 0 Å². The molecule has 1 aromatic rings. The number of nitrogens with two attached hydrogens (primary N) is 1. The molecule has 1 amide bonds. The van der Waals surface area contributed by atoms with Crippen LogP contribution in [-0.2, 0) is 21.2 Å². The molecule has 0 aliphatic carbocycles. The topological polar surface area (TPSA) is 89.3 Å². The van der Waals surface area contributed by atoms with Gasteiger partial charge in [-0.25, -0.2) is 8.42 Å². The zero-order valence-electron chi connectivity index (χ0n) is 11.0. The molecule has 0 saturated heterocycles. The van der Waals surface area contributed by atoms with Gasteiger partial charge in [0.25, 0.3) is 0 Å². The SMILES string of the molecule is CC(CCN)S(=O)(=O)CC(=O)NCc1ccccc1. The molecule has 0 fully saturated rings. The van der Waals surface area contributed by atoms with Gasteiger partial charge in [-0.2, -0.15) is 0 Å². The van der Waals surface area contributed by atoms with E-state index in [1.807, 2.05) is 30.3 Å². The summed E-state index contributed by atoms with van der Waals surface area (Å²) in [5.74, 6) is -0.964. The van der Waals surface area contributed by atoms with Crippen LogP contribution in [0.15, 0.2) is 30.3 Å².